The van der Waals surface area contributed by atoms with Crippen molar-refractivity contribution in [2.45, 2.75) is 64.2 Å². The van der Waals surface area contributed by atoms with Crippen molar-refractivity contribution in [3.8, 4) is 0 Å². The summed E-state index contributed by atoms with van der Waals surface area (Å²) in [6.45, 7) is 0. The number of unbranched alkanes of at least 4 members (excludes halogenated alkanes) is 1. The first kappa shape index (κ1) is 12.9. The fraction of sp³-hybridized carbons (Fsp3) is 1.00. The van der Waals surface area contributed by atoms with Gasteiger partial charge in [0.25, 0.3) is 0 Å². The van der Waals surface area contributed by atoms with Crippen molar-refractivity contribution in [2.75, 3.05) is 5.75 Å². The largest absolute Gasteiger partial charge is 0.179 e. The molecule has 5 fully saturated rings. The molecule has 8 unspecified atom stereocenters. The predicted octanol–water partition coefficient (Wildman–Crippen LogP) is 5.19. The monoisotopic (exact) mass is 290 g/mol. The van der Waals surface area contributed by atoms with Gasteiger partial charge in [-0.15, -0.1) is 0 Å². The van der Waals surface area contributed by atoms with Crippen LogP contribution in [0.3, 0.4) is 0 Å². The van der Waals surface area contributed by atoms with Crippen molar-refractivity contribution in [1.29, 1.82) is 0 Å². The van der Waals surface area contributed by atoms with Crippen molar-refractivity contribution >= 4 is 12.6 Å². The summed E-state index contributed by atoms with van der Waals surface area (Å²) in [6, 6.07) is 0. The highest BCUT2D eigenvalue weighted by atomic mass is 32.1. The lowest BCUT2D eigenvalue weighted by molar-refractivity contribution is 0.0192. The van der Waals surface area contributed by atoms with Crippen LogP contribution in [-0.4, -0.2) is 5.75 Å². The first-order valence-electron chi connectivity index (χ1n) is 9.45. The lowest BCUT2D eigenvalue weighted by Crippen LogP contribution is -2.40. The maximum atomic E-state index is 4.43. The molecule has 0 nitrogen and oxygen atoms in total. The molecule has 0 radical (unpaired) electrons. The van der Waals surface area contributed by atoms with E-state index in [0.717, 1.165) is 17.1 Å². The molecule has 0 aromatic heterocycles. The van der Waals surface area contributed by atoms with Crippen LogP contribution >= 0.6 is 12.6 Å². The van der Waals surface area contributed by atoms with Crippen LogP contribution in [0.1, 0.15) is 64.2 Å². The first-order chi connectivity index (χ1) is 9.84. The standard InChI is InChI=1S/C19H30S/c20-9-2-1-7-19-8-6-12(11-19)17-15-10-16(18(17)19)14-5-3-4-13(14)15/h12-18,20H,1-11H2. The molecule has 0 spiro atoms. The van der Waals surface area contributed by atoms with Crippen LogP contribution in [0.4, 0.5) is 0 Å². The molecule has 4 bridgehead atoms. The number of hydrogen-bond acceptors (Lipinski definition) is 1. The lowest BCUT2D eigenvalue weighted by atomic mass is 9.59. The smallest absolute Gasteiger partial charge is 0.00979 e. The van der Waals surface area contributed by atoms with E-state index in [0.29, 0.717) is 0 Å². The second-order valence-corrected chi connectivity index (χ2v) is 9.42. The molecular weight excluding hydrogens is 260 g/mol. The maximum Gasteiger partial charge on any atom is -0.00979 e. The number of rotatable bonds is 4. The van der Waals surface area contributed by atoms with E-state index < -0.39 is 0 Å². The van der Waals surface area contributed by atoms with Crippen LogP contribution in [-0.2, 0) is 0 Å². The van der Waals surface area contributed by atoms with Crippen LogP contribution in [0, 0.1) is 46.8 Å². The Bertz CT molecular complexity index is 405. The van der Waals surface area contributed by atoms with Gasteiger partial charge in [0.1, 0.15) is 0 Å². The topological polar surface area (TPSA) is 0 Å². The molecule has 0 saturated heterocycles. The van der Waals surface area contributed by atoms with Gasteiger partial charge in [0.2, 0.25) is 0 Å². The fourth-order valence-electron chi connectivity index (χ4n) is 8.47. The molecule has 5 aliphatic carbocycles. The summed E-state index contributed by atoms with van der Waals surface area (Å²) in [5, 5.41) is 0. The van der Waals surface area contributed by atoms with Gasteiger partial charge in [0.15, 0.2) is 0 Å². The van der Waals surface area contributed by atoms with Gasteiger partial charge in [-0.1, -0.05) is 12.8 Å². The Hall–Kier alpha value is 0.350. The van der Waals surface area contributed by atoms with Gasteiger partial charge >= 0.3 is 0 Å². The van der Waals surface area contributed by atoms with Crippen molar-refractivity contribution < 1.29 is 0 Å². The molecule has 5 rings (SSSR count). The highest BCUT2D eigenvalue weighted by Crippen LogP contribution is 2.77. The third kappa shape index (κ3) is 1.47. The Kier molecular flexibility index (Phi) is 2.85. The Morgan fingerprint density at radius 3 is 2.65 bits per heavy atom. The number of fused-ring (bicyclic) bond motifs is 12. The average Bonchev–Trinajstić information content (AvgIpc) is 3.21. The summed E-state index contributed by atoms with van der Waals surface area (Å²) >= 11 is 4.43. The summed E-state index contributed by atoms with van der Waals surface area (Å²) < 4.78 is 0. The third-order valence-electron chi connectivity index (χ3n) is 8.66. The average molecular weight is 291 g/mol. The number of thiol groups is 1. The summed E-state index contributed by atoms with van der Waals surface area (Å²) in [7, 11) is 0. The molecule has 0 N–H and O–H groups in total. The molecule has 1 heteroatoms. The zero-order valence-electron chi connectivity index (χ0n) is 12.8. The van der Waals surface area contributed by atoms with E-state index in [1.807, 2.05) is 0 Å². The Labute approximate surface area is 129 Å². The Morgan fingerprint density at radius 1 is 0.950 bits per heavy atom. The van der Waals surface area contributed by atoms with E-state index >= 15 is 0 Å². The summed E-state index contributed by atoms with van der Waals surface area (Å²) in [5.41, 5.74) is 0.825. The Morgan fingerprint density at radius 2 is 1.80 bits per heavy atom. The maximum absolute atomic E-state index is 4.43. The molecule has 5 aliphatic rings. The SMILES string of the molecule is SCCCCC12CCC(C1)C1C3CC(C4CCCC43)C12. The summed E-state index contributed by atoms with van der Waals surface area (Å²) in [5.74, 6) is 9.39. The van der Waals surface area contributed by atoms with Crippen molar-refractivity contribution in [3.05, 3.63) is 0 Å². The minimum atomic E-state index is 0.825. The molecule has 0 amide bonds. The Balaban J connectivity index is 1.43. The quantitative estimate of drug-likeness (QED) is 0.411. The lowest BCUT2D eigenvalue weighted by Gasteiger charge is -2.46. The van der Waals surface area contributed by atoms with E-state index in [4.69, 9.17) is 0 Å². The van der Waals surface area contributed by atoms with Gasteiger partial charge in [-0.3, -0.25) is 0 Å². The van der Waals surface area contributed by atoms with Crippen LogP contribution in [0.5, 0.6) is 0 Å². The number of hydrogen-bond donors (Lipinski definition) is 1. The molecule has 112 valence electrons. The van der Waals surface area contributed by atoms with Crippen molar-refractivity contribution in [2.24, 2.45) is 46.8 Å². The normalized spacial score (nSPS) is 58.4. The second-order valence-electron chi connectivity index (χ2n) is 8.97. The third-order valence-corrected chi connectivity index (χ3v) is 8.97. The van der Waals surface area contributed by atoms with Gasteiger partial charge in [-0.25, -0.2) is 0 Å². The van der Waals surface area contributed by atoms with Gasteiger partial charge in [0, 0.05) is 0 Å². The van der Waals surface area contributed by atoms with E-state index in [2.05, 4.69) is 12.6 Å². The minimum Gasteiger partial charge on any atom is -0.179 e. The van der Waals surface area contributed by atoms with Crippen molar-refractivity contribution in [3.63, 3.8) is 0 Å². The predicted molar refractivity (Wildman–Crippen MR) is 86.9 cm³/mol. The van der Waals surface area contributed by atoms with Gasteiger partial charge < -0.3 is 0 Å². The van der Waals surface area contributed by atoms with Crippen molar-refractivity contribution in [1.82, 2.24) is 0 Å². The van der Waals surface area contributed by atoms with Crippen LogP contribution in [0.25, 0.3) is 0 Å². The minimum absolute atomic E-state index is 0.825. The summed E-state index contributed by atoms with van der Waals surface area (Å²) in [6.07, 6.45) is 15.7. The second kappa shape index (κ2) is 4.43. The zero-order valence-corrected chi connectivity index (χ0v) is 13.7. The highest BCUT2D eigenvalue weighted by molar-refractivity contribution is 7.80. The van der Waals surface area contributed by atoms with Gasteiger partial charge in [-0.05, 0) is 104 Å². The fourth-order valence-corrected chi connectivity index (χ4v) is 8.69. The molecule has 0 aliphatic heterocycles. The van der Waals surface area contributed by atoms with Crippen LogP contribution in [0.2, 0.25) is 0 Å². The summed E-state index contributed by atoms with van der Waals surface area (Å²) in [4.78, 5) is 0. The molecule has 0 aromatic rings. The van der Waals surface area contributed by atoms with Crippen LogP contribution < -0.4 is 0 Å². The molecule has 20 heavy (non-hydrogen) atoms. The zero-order chi connectivity index (χ0) is 13.3. The highest BCUT2D eigenvalue weighted by Gasteiger charge is 2.70. The van der Waals surface area contributed by atoms with E-state index in [1.54, 1.807) is 51.4 Å². The van der Waals surface area contributed by atoms with E-state index in [1.165, 1.54) is 48.3 Å². The molecule has 5 saturated carbocycles. The molecule has 0 heterocycles. The molecule has 0 aromatic carbocycles. The molecule has 8 atom stereocenters. The van der Waals surface area contributed by atoms with E-state index in [-0.39, 0.29) is 0 Å². The molecular formula is C19H30S. The van der Waals surface area contributed by atoms with Gasteiger partial charge in [0.05, 0.1) is 0 Å². The van der Waals surface area contributed by atoms with E-state index in [9.17, 15) is 0 Å². The first-order valence-corrected chi connectivity index (χ1v) is 10.1. The van der Waals surface area contributed by atoms with Crippen LogP contribution in [0.15, 0.2) is 0 Å². The van der Waals surface area contributed by atoms with Gasteiger partial charge in [-0.2, -0.15) is 12.6 Å².